The van der Waals surface area contributed by atoms with Crippen LogP contribution in [0.4, 0.5) is 4.39 Å². The van der Waals surface area contributed by atoms with E-state index in [0.717, 1.165) is 0 Å². The summed E-state index contributed by atoms with van der Waals surface area (Å²) in [6.07, 6.45) is 0. The first-order valence-corrected chi connectivity index (χ1v) is 5.92. The summed E-state index contributed by atoms with van der Waals surface area (Å²) in [5.74, 6) is -0.0185. The lowest BCUT2D eigenvalue weighted by Gasteiger charge is -2.11. The first-order chi connectivity index (χ1) is 8.02. The predicted molar refractivity (Wildman–Crippen MR) is 68.2 cm³/mol. The minimum absolute atomic E-state index is 0.0757. The van der Waals surface area contributed by atoms with Crippen LogP contribution in [0.3, 0.4) is 0 Å². The van der Waals surface area contributed by atoms with Crippen molar-refractivity contribution in [2.24, 2.45) is 0 Å². The van der Waals surface area contributed by atoms with Gasteiger partial charge in [-0.3, -0.25) is 9.67 Å². The Balaban J connectivity index is 2.69. The van der Waals surface area contributed by atoms with E-state index in [9.17, 15) is 4.39 Å². The third-order valence-corrected chi connectivity index (χ3v) is 2.99. The SMILES string of the molecule is CC(C)n1c(-c2cccc(Cl)c2F)n[nH]c1=S. The number of halogens is 2. The van der Waals surface area contributed by atoms with Crippen LogP contribution in [0.5, 0.6) is 0 Å². The third-order valence-electron chi connectivity index (χ3n) is 2.41. The molecular weight excluding hydrogens is 261 g/mol. The molecule has 0 fully saturated rings. The van der Waals surface area contributed by atoms with Gasteiger partial charge in [0, 0.05) is 6.04 Å². The van der Waals surface area contributed by atoms with Crippen molar-refractivity contribution in [3.63, 3.8) is 0 Å². The van der Waals surface area contributed by atoms with Gasteiger partial charge in [-0.1, -0.05) is 17.7 Å². The molecule has 90 valence electrons. The van der Waals surface area contributed by atoms with Crippen LogP contribution in [0, 0.1) is 10.6 Å². The van der Waals surface area contributed by atoms with Crippen LogP contribution in [0.2, 0.25) is 5.02 Å². The maximum absolute atomic E-state index is 13.9. The Bertz CT molecular complexity index is 603. The Labute approximate surface area is 108 Å². The minimum atomic E-state index is -0.481. The van der Waals surface area contributed by atoms with Crippen molar-refractivity contribution in [3.8, 4) is 11.4 Å². The van der Waals surface area contributed by atoms with E-state index in [2.05, 4.69) is 10.2 Å². The number of hydrogen-bond donors (Lipinski definition) is 1. The van der Waals surface area contributed by atoms with Crippen LogP contribution in [0.15, 0.2) is 18.2 Å². The summed E-state index contributed by atoms with van der Waals surface area (Å²) in [5, 5.41) is 6.80. The summed E-state index contributed by atoms with van der Waals surface area (Å²) in [4.78, 5) is 0. The minimum Gasteiger partial charge on any atom is -0.298 e. The van der Waals surface area contributed by atoms with E-state index in [1.165, 1.54) is 6.07 Å². The zero-order chi connectivity index (χ0) is 12.6. The van der Waals surface area contributed by atoms with E-state index in [4.69, 9.17) is 23.8 Å². The smallest absolute Gasteiger partial charge is 0.195 e. The Morgan fingerprint density at radius 3 is 2.82 bits per heavy atom. The second kappa shape index (κ2) is 4.58. The van der Waals surface area contributed by atoms with Crippen LogP contribution in [-0.2, 0) is 0 Å². The van der Waals surface area contributed by atoms with Crippen LogP contribution >= 0.6 is 23.8 Å². The number of H-pyrrole nitrogens is 1. The average Bonchev–Trinajstić information content (AvgIpc) is 2.64. The lowest BCUT2D eigenvalue weighted by Crippen LogP contribution is -2.04. The van der Waals surface area contributed by atoms with Gasteiger partial charge >= 0.3 is 0 Å². The summed E-state index contributed by atoms with van der Waals surface area (Å²) in [7, 11) is 0. The standard InChI is InChI=1S/C11H11ClFN3S/c1-6(2)16-10(14-15-11(16)17)7-4-3-5-8(12)9(7)13/h3-6H,1-2H3,(H,15,17). The van der Waals surface area contributed by atoms with Crippen molar-refractivity contribution in [3.05, 3.63) is 33.8 Å². The van der Waals surface area contributed by atoms with Gasteiger partial charge in [-0.2, -0.15) is 5.10 Å². The molecule has 6 heteroatoms. The Morgan fingerprint density at radius 2 is 2.18 bits per heavy atom. The van der Waals surface area contributed by atoms with Crippen LogP contribution in [0.1, 0.15) is 19.9 Å². The number of nitrogens with one attached hydrogen (secondary N) is 1. The molecule has 0 aliphatic rings. The first kappa shape index (κ1) is 12.3. The van der Waals surface area contributed by atoms with Crippen molar-refractivity contribution in [1.82, 2.24) is 14.8 Å². The van der Waals surface area contributed by atoms with Gasteiger partial charge in [0.2, 0.25) is 0 Å². The molecule has 0 radical (unpaired) electrons. The second-order valence-electron chi connectivity index (χ2n) is 3.92. The van der Waals surface area contributed by atoms with Gasteiger partial charge in [0.15, 0.2) is 16.4 Å². The molecule has 0 unspecified atom stereocenters. The molecule has 0 aliphatic carbocycles. The lowest BCUT2D eigenvalue weighted by atomic mass is 10.2. The highest BCUT2D eigenvalue weighted by Crippen LogP contribution is 2.27. The van der Waals surface area contributed by atoms with Gasteiger partial charge in [0.25, 0.3) is 0 Å². The molecule has 0 amide bonds. The summed E-state index contributed by atoms with van der Waals surface area (Å²) in [6.45, 7) is 3.91. The number of nitrogens with zero attached hydrogens (tertiary/aromatic N) is 2. The number of rotatable bonds is 2. The van der Waals surface area contributed by atoms with E-state index in [1.54, 1.807) is 16.7 Å². The van der Waals surface area contributed by atoms with E-state index in [-0.39, 0.29) is 11.1 Å². The highest BCUT2D eigenvalue weighted by Gasteiger charge is 2.16. The zero-order valence-electron chi connectivity index (χ0n) is 9.37. The molecule has 0 saturated heterocycles. The Hall–Kier alpha value is -1.20. The van der Waals surface area contributed by atoms with E-state index >= 15 is 0 Å². The summed E-state index contributed by atoms with van der Waals surface area (Å²) < 4.78 is 16.1. The normalized spacial score (nSPS) is 11.1. The summed E-state index contributed by atoms with van der Waals surface area (Å²) in [5.41, 5.74) is 0.346. The van der Waals surface area contributed by atoms with E-state index in [0.29, 0.717) is 16.2 Å². The fourth-order valence-electron chi connectivity index (χ4n) is 1.65. The quantitative estimate of drug-likeness (QED) is 0.838. The van der Waals surface area contributed by atoms with E-state index < -0.39 is 5.82 Å². The highest BCUT2D eigenvalue weighted by atomic mass is 35.5. The lowest BCUT2D eigenvalue weighted by molar-refractivity contribution is 0.589. The summed E-state index contributed by atoms with van der Waals surface area (Å²) >= 11 is 10.9. The van der Waals surface area contributed by atoms with Crippen LogP contribution in [-0.4, -0.2) is 14.8 Å². The number of hydrogen-bond acceptors (Lipinski definition) is 2. The van der Waals surface area contributed by atoms with E-state index in [1.807, 2.05) is 13.8 Å². The van der Waals surface area contributed by atoms with Crippen molar-refractivity contribution in [2.45, 2.75) is 19.9 Å². The molecule has 2 aromatic rings. The largest absolute Gasteiger partial charge is 0.298 e. The summed E-state index contributed by atoms with van der Waals surface area (Å²) in [6, 6.07) is 4.91. The van der Waals surface area contributed by atoms with Gasteiger partial charge in [0.05, 0.1) is 10.6 Å². The third kappa shape index (κ3) is 2.12. The fraction of sp³-hybridized carbons (Fsp3) is 0.273. The molecule has 17 heavy (non-hydrogen) atoms. The van der Waals surface area contributed by atoms with Gasteiger partial charge in [-0.05, 0) is 38.2 Å². The molecular formula is C11H11ClFN3S. The average molecular weight is 272 g/mol. The molecule has 0 atom stereocenters. The number of aromatic nitrogens is 3. The predicted octanol–water partition coefficient (Wildman–Crippen LogP) is 3.98. The molecule has 0 bridgehead atoms. The number of benzene rings is 1. The number of aromatic amines is 1. The molecule has 0 spiro atoms. The molecule has 3 nitrogen and oxygen atoms in total. The van der Waals surface area contributed by atoms with Crippen molar-refractivity contribution in [2.75, 3.05) is 0 Å². The van der Waals surface area contributed by atoms with Gasteiger partial charge < -0.3 is 0 Å². The second-order valence-corrected chi connectivity index (χ2v) is 4.71. The van der Waals surface area contributed by atoms with Crippen molar-refractivity contribution in [1.29, 1.82) is 0 Å². The zero-order valence-corrected chi connectivity index (χ0v) is 10.9. The molecule has 1 aromatic carbocycles. The molecule has 0 saturated carbocycles. The molecule has 1 N–H and O–H groups in total. The van der Waals surface area contributed by atoms with Crippen molar-refractivity contribution >= 4 is 23.8 Å². The van der Waals surface area contributed by atoms with Crippen molar-refractivity contribution < 1.29 is 4.39 Å². The maximum Gasteiger partial charge on any atom is 0.195 e. The fourth-order valence-corrected chi connectivity index (χ4v) is 2.17. The molecule has 0 aliphatic heterocycles. The highest BCUT2D eigenvalue weighted by molar-refractivity contribution is 7.71. The molecule has 2 rings (SSSR count). The van der Waals surface area contributed by atoms with Crippen LogP contribution in [0.25, 0.3) is 11.4 Å². The Morgan fingerprint density at radius 1 is 1.47 bits per heavy atom. The van der Waals surface area contributed by atoms with Gasteiger partial charge in [0.1, 0.15) is 0 Å². The van der Waals surface area contributed by atoms with Gasteiger partial charge in [-0.25, -0.2) is 4.39 Å². The topological polar surface area (TPSA) is 33.6 Å². The van der Waals surface area contributed by atoms with Crippen LogP contribution < -0.4 is 0 Å². The first-order valence-electron chi connectivity index (χ1n) is 5.13. The Kier molecular flexibility index (Phi) is 3.31. The molecule has 1 aromatic heterocycles. The monoisotopic (exact) mass is 271 g/mol. The maximum atomic E-state index is 13.9. The van der Waals surface area contributed by atoms with Gasteiger partial charge in [-0.15, -0.1) is 0 Å². The molecule has 1 heterocycles.